The van der Waals surface area contributed by atoms with Crippen molar-refractivity contribution in [2.75, 3.05) is 6.61 Å². The van der Waals surface area contributed by atoms with Crippen LogP contribution in [0.4, 0.5) is 0 Å². The molecular weight excluding hydrogens is 178 g/mol. The lowest BCUT2D eigenvalue weighted by molar-refractivity contribution is 0.262. The van der Waals surface area contributed by atoms with Crippen molar-refractivity contribution in [1.82, 2.24) is 5.32 Å². The average Bonchev–Trinajstić information content (AvgIpc) is 2.01. The van der Waals surface area contributed by atoms with E-state index in [2.05, 4.69) is 24.2 Å². The quantitative estimate of drug-likeness (QED) is 0.453. The molecule has 14 heavy (non-hydrogen) atoms. The van der Waals surface area contributed by atoms with Gasteiger partial charge in [0.05, 0.1) is 6.04 Å². The summed E-state index contributed by atoms with van der Waals surface area (Å²) in [5, 5.41) is 11.9. The smallest absolute Gasteiger partial charge is 0.189 e. The minimum Gasteiger partial charge on any atom is -0.396 e. The number of aliphatic hydroxyl groups excluding tert-OH is 1. The topological polar surface area (TPSA) is 70.6 Å². The Morgan fingerprint density at radius 1 is 1.36 bits per heavy atom. The second-order valence-corrected chi connectivity index (χ2v) is 4.14. The van der Waals surface area contributed by atoms with Gasteiger partial charge in [-0.2, -0.15) is 0 Å². The molecule has 0 aromatic carbocycles. The minimum atomic E-state index is 0.103. The van der Waals surface area contributed by atoms with Gasteiger partial charge >= 0.3 is 0 Å². The Morgan fingerprint density at radius 2 is 1.93 bits per heavy atom. The predicted molar refractivity (Wildman–Crippen MR) is 60.2 cm³/mol. The summed E-state index contributed by atoms with van der Waals surface area (Å²) in [6.07, 6.45) is 0.665. The molecular formula is C10H23N3O. The van der Waals surface area contributed by atoms with E-state index in [0.717, 1.165) is 0 Å². The second-order valence-electron chi connectivity index (χ2n) is 4.14. The number of rotatable bonds is 5. The molecule has 1 atom stereocenters. The van der Waals surface area contributed by atoms with Gasteiger partial charge in [-0.05, 0) is 26.2 Å². The van der Waals surface area contributed by atoms with Crippen molar-refractivity contribution in [2.45, 2.75) is 46.2 Å². The highest BCUT2D eigenvalue weighted by atomic mass is 16.3. The van der Waals surface area contributed by atoms with Gasteiger partial charge in [0.25, 0.3) is 0 Å². The second kappa shape index (κ2) is 6.65. The molecule has 0 bridgehead atoms. The first kappa shape index (κ1) is 13.2. The van der Waals surface area contributed by atoms with Crippen molar-refractivity contribution in [3.05, 3.63) is 0 Å². The Balaban J connectivity index is 4.23. The van der Waals surface area contributed by atoms with Gasteiger partial charge in [0.2, 0.25) is 0 Å². The molecule has 0 fully saturated rings. The molecule has 1 unspecified atom stereocenters. The van der Waals surface area contributed by atoms with E-state index < -0.39 is 0 Å². The van der Waals surface area contributed by atoms with E-state index in [1.165, 1.54) is 0 Å². The number of nitrogens with zero attached hydrogens (tertiary/aromatic N) is 1. The van der Waals surface area contributed by atoms with Gasteiger partial charge < -0.3 is 16.2 Å². The predicted octanol–water partition coefficient (Wildman–Crippen LogP) is 0.706. The molecule has 0 spiro atoms. The first-order chi connectivity index (χ1) is 6.47. The summed E-state index contributed by atoms with van der Waals surface area (Å²) in [5.41, 5.74) is 5.70. The van der Waals surface area contributed by atoms with Gasteiger partial charge in [-0.15, -0.1) is 0 Å². The lowest BCUT2D eigenvalue weighted by atomic mass is 10.0. The fourth-order valence-electron chi connectivity index (χ4n) is 1.19. The van der Waals surface area contributed by atoms with E-state index in [4.69, 9.17) is 10.8 Å². The molecule has 0 saturated carbocycles. The molecule has 0 aromatic rings. The average molecular weight is 201 g/mol. The Hall–Kier alpha value is -0.770. The Labute approximate surface area is 86.6 Å². The number of aliphatic imine (C=N–C) groups is 1. The highest BCUT2D eigenvalue weighted by Crippen LogP contribution is 2.09. The SMILES string of the molecule is CC(C)NC(N)=NC(CCO)C(C)C. The summed E-state index contributed by atoms with van der Waals surface area (Å²) in [4.78, 5) is 4.33. The van der Waals surface area contributed by atoms with Crippen LogP contribution in [0.2, 0.25) is 0 Å². The van der Waals surface area contributed by atoms with E-state index in [0.29, 0.717) is 24.3 Å². The number of nitrogens with two attached hydrogens (primary N) is 1. The maximum atomic E-state index is 8.85. The Bertz CT molecular complexity index is 178. The molecule has 0 saturated heterocycles. The van der Waals surface area contributed by atoms with Gasteiger partial charge in [0, 0.05) is 12.6 Å². The summed E-state index contributed by atoms with van der Waals surface area (Å²) >= 11 is 0. The zero-order chi connectivity index (χ0) is 11.1. The van der Waals surface area contributed by atoms with Gasteiger partial charge in [0.1, 0.15) is 0 Å². The van der Waals surface area contributed by atoms with E-state index in [1.807, 2.05) is 13.8 Å². The molecule has 4 N–H and O–H groups in total. The van der Waals surface area contributed by atoms with Crippen LogP contribution in [0.25, 0.3) is 0 Å². The lowest BCUT2D eigenvalue weighted by Crippen LogP contribution is -2.38. The van der Waals surface area contributed by atoms with Crippen LogP contribution in [0.15, 0.2) is 4.99 Å². The first-order valence-electron chi connectivity index (χ1n) is 5.18. The summed E-state index contributed by atoms with van der Waals surface area (Å²) < 4.78 is 0. The van der Waals surface area contributed by atoms with Crippen LogP contribution >= 0.6 is 0 Å². The fraction of sp³-hybridized carbons (Fsp3) is 0.900. The van der Waals surface area contributed by atoms with Crippen molar-refractivity contribution in [1.29, 1.82) is 0 Å². The summed E-state index contributed by atoms with van der Waals surface area (Å²) in [6.45, 7) is 8.33. The molecule has 0 radical (unpaired) electrons. The highest BCUT2D eigenvalue weighted by molar-refractivity contribution is 5.78. The Kier molecular flexibility index (Phi) is 6.28. The minimum absolute atomic E-state index is 0.103. The molecule has 4 nitrogen and oxygen atoms in total. The first-order valence-corrected chi connectivity index (χ1v) is 5.18. The largest absolute Gasteiger partial charge is 0.396 e. The molecule has 0 rings (SSSR count). The highest BCUT2D eigenvalue weighted by Gasteiger charge is 2.11. The zero-order valence-corrected chi connectivity index (χ0v) is 9.62. The van der Waals surface area contributed by atoms with Crippen molar-refractivity contribution < 1.29 is 5.11 Å². The van der Waals surface area contributed by atoms with E-state index >= 15 is 0 Å². The van der Waals surface area contributed by atoms with Gasteiger partial charge in [-0.1, -0.05) is 13.8 Å². The van der Waals surface area contributed by atoms with Gasteiger partial charge in [-0.3, -0.25) is 0 Å². The maximum absolute atomic E-state index is 8.85. The van der Waals surface area contributed by atoms with Crippen LogP contribution in [-0.2, 0) is 0 Å². The van der Waals surface area contributed by atoms with Crippen LogP contribution in [-0.4, -0.2) is 29.8 Å². The van der Waals surface area contributed by atoms with Crippen molar-refractivity contribution in [3.63, 3.8) is 0 Å². The molecule has 0 aromatic heterocycles. The van der Waals surface area contributed by atoms with Crippen LogP contribution in [0.3, 0.4) is 0 Å². The fourth-order valence-corrected chi connectivity index (χ4v) is 1.19. The lowest BCUT2D eigenvalue weighted by Gasteiger charge is -2.17. The molecule has 0 amide bonds. The molecule has 0 heterocycles. The third-order valence-corrected chi connectivity index (χ3v) is 1.94. The summed E-state index contributed by atoms with van der Waals surface area (Å²) in [5.74, 6) is 0.863. The Morgan fingerprint density at radius 3 is 2.29 bits per heavy atom. The monoisotopic (exact) mass is 201 g/mol. The van der Waals surface area contributed by atoms with Crippen molar-refractivity contribution >= 4 is 5.96 Å². The van der Waals surface area contributed by atoms with Crippen molar-refractivity contribution in [3.8, 4) is 0 Å². The van der Waals surface area contributed by atoms with E-state index in [1.54, 1.807) is 0 Å². The maximum Gasteiger partial charge on any atom is 0.189 e. The molecule has 4 heteroatoms. The number of nitrogens with one attached hydrogen (secondary N) is 1. The van der Waals surface area contributed by atoms with Gasteiger partial charge in [-0.25, -0.2) is 4.99 Å². The van der Waals surface area contributed by atoms with E-state index in [9.17, 15) is 0 Å². The molecule has 0 aliphatic carbocycles. The molecule has 84 valence electrons. The van der Waals surface area contributed by atoms with Crippen LogP contribution in [0.5, 0.6) is 0 Å². The van der Waals surface area contributed by atoms with Crippen molar-refractivity contribution in [2.24, 2.45) is 16.6 Å². The van der Waals surface area contributed by atoms with Crippen LogP contribution in [0, 0.1) is 5.92 Å². The molecule has 0 aliphatic rings. The number of guanidine groups is 1. The van der Waals surface area contributed by atoms with Crippen LogP contribution in [0.1, 0.15) is 34.1 Å². The summed E-state index contributed by atoms with van der Waals surface area (Å²) in [7, 11) is 0. The summed E-state index contributed by atoms with van der Waals surface area (Å²) in [6, 6.07) is 0.395. The molecule has 0 aliphatic heterocycles. The zero-order valence-electron chi connectivity index (χ0n) is 9.62. The standard InChI is InChI=1S/C10H23N3O/c1-7(2)9(5-6-14)13-10(11)12-8(3)4/h7-9,14H,5-6H2,1-4H3,(H3,11,12,13). The number of hydrogen-bond donors (Lipinski definition) is 3. The third kappa shape index (κ3) is 5.80. The van der Waals surface area contributed by atoms with Gasteiger partial charge in [0.15, 0.2) is 5.96 Å². The third-order valence-electron chi connectivity index (χ3n) is 1.94. The van der Waals surface area contributed by atoms with Crippen LogP contribution < -0.4 is 11.1 Å². The number of aliphatic hydroxyl groups is 1. The number of hydrogen-bond acceptors (Lipinski definition) is 2. The normalized spacial score (nSPS) is 14.9. The van der Waals surface area contributed by atoms with E-state index in [-0.39, 0.29) is 12.6 Å².